The molecular formula is C14H24N2. The van der Waals surface area contributed by atoms with Gasteiger partial charge in [-0.25, -0.2) is 0 Å². The van der Waals surface area contributed by atoms with Gasteiger partial charge in [0, 0.05) is 12.5 Å². The fourth-order valence-corrected chi connectivity index (χ4v) is 3.04. The minimum atomic E-state index is 0.719. The van der Waals surface area contributed by atoms with Crippen LogP contribution in [-0.2, 0) is 0 Å². The van der Waals surface area contributed by atoms with Gasteiger partial charge in [-0.2, -0.15) is 5.26 Å². The molecule has 2 heteroatoms. The van der Waals surface area contributed by atoms with Crippen LogP contribution in [-0.4, -0.2) is 12.6 Å². The van der Waals surface area contributed by atoms with Crippen molar-refractivity contribution in [2.75, 3.05) is 6.54 Å². The van der Waals surface area contributed by atoms with E-state index in [1.54, 1.807) is 0 Å². The van der Waals surface area contributed by atoms with Crippen molar-refractivity contribution in [2.24, 2.45) is 11.8 Å². The molecule has 0 aromatic heterocycles. The molecule has 2 aliphatic carbocycles. The van der Waals surface area contributed by atoms with Crippen molar-refractivity contribution in [3.63, 3.8) is 0 Å². The first-order chi connectivity index (χ1) is 7.90. The first-order valence-corrected chi connectivity index (χ1v) is 7.00. The number of rotatable bonds is 6. The predicted molar refractivity (Wildman–Crippen MR) is 65.9 cm³/mol. The second-order valence-electron chi connectivity index (χ2n) is 5.53. The summed E-state index contributed by atoms with van der Waals surface area (Å²) >= 11 is 0. The molecule has 2 aliphatic rings. The summed E-state index contributed by atoms with van der Waals surface area (Å²) in [4.78, 5) is 0. The average Bonchev–Trinajstić information content (AvgIpc) is 3.13. The molecule has 0 aliphatic heterocycles. The molecule has 0 heterocycles. The van der Waals surface area contributed by atoms with Gasteiger partial charge in [-0.1, -0.05) is 12.8 Å². The average molecular weight is 220 g/mol. The number of hydrogen-bond acceptors (Lipinski definition) is 2. The second-order valence-corrected chi connectivity index (χ2v) is 5.53. The lowest BCUT2D eigenvalue weighted by molar-refractivity contribution is 0.261. The summed E-state index contributed by atoms with van der Waals surface area (Å²) in [6, 6.07) is 2.99. The van der Waals surface area contributed by atoms with Crippen LogP contribution in [0.5, 0.6) is 0 Å². The Balaban J connectivity index is 1.56. The van der Waals surface area contributed by atoms with Crippen LogP contribution in [0.15, 0.2) is 0 Å². The molecule has 0 saturated heterocycles. The van der Waals surface area contributed by atoms with Crippen LogP contribution in [0, 0.1) is 23.2 Å². The summed E-state index contributed by atoms with van der Waals surface area (Å²) < 4.78 is 0. The quantitative estimate of drug-likeness (QED) is 0.698. The Hall–Kier alpha value is -0.550. The van der Waals surface area contributed by atoms with E-state index in [0.717, 1.165) is 43.7 Å². The van der Waals surface area contributed by atoms with E-state index in [4.69, 9.17) is 5.26 Å². The number of nitrogens with one attached hydrogen (secondary N) is 1. The van der Waals surface area contributed by atoms with Crippen LogP contribution in [0.25, 0.3) is 0 Å². The highest BCUT2D eigenvalue weighted by Crippen LogP contribution is 2.43. The van der Waals surface area contributed by atoms with Crippen LogP contribution in [0.1, 0.15) is 57.8 Å². The molecule has 2 rings (SSSR count). The van der Waals surface area contributed by atoms with Crippen molar-refractivity contribution >= 4 is 0 Å². The zero-order valence-electron chi connectivity index (χ0n) is 10.3. The van der Waals surface area contributed by atoms with E-state index in [0.29, 0.717) is 0 Å². The fraction of sp³-hybridized carbons (Fsp3) is 0.929. The van der Waals surface area contributed by atoms with Crippen molar-refractivity contribution < 1.29 is 0 Å². The van der Waals surface area contributed by atoms with E-state index < -0.39 is 0 Å². The molecule has 0 aromatic carbocycles. The maximum absolute atomic E-state index is 8.45. The third-order valence-electron chi connectivity index (χ3n) is 4.15. The van der Waals surface area contributed by atoms with Gasteiger partial charge in [-0.3, -0.25) is 0 Å². The minimum Gasteiger partial charge on any atom is -0.314 e. The fourth-order valence-electron chi connectivity index (χ4n) is 3.04. The molecule has 16 heavy (non-hydrogen) atoms. The van der Waals surface area contributed by atoms with Crippen molar-refractivity contribution in [2.45, 2.75) is 63.8 Å². The lowest BCUT2D eigenvalue weighted by atomic mass is 9.82. The molecule has 2 fully saturated rings. The molecular weight excluding hydrogens is 196 g/mol. The van der Waals surface area contributed by atoms with Crippen LogP contribution in [0.2, 0.25) is 0 Å². The molecule has 2 unspecified atom stereocenters. The van der Waals surface area contributed by atoms with Gasteiger partial charge >= 0.3 is 0 Å². The molecule has 0 radical (unpaired) electrons. The van der Waals surface area contributed by atoms with Gasteiger partial charge in [0.2, 0.25) is 0 Å². The standard InChI is InChI=1S/C14H24N2/c15-9-2-1-3-10-16-14-6-4-5-13(11-14)12-7-8-12/h12-14,16H,1-8,10-11H2. The highest BCUT2D eigenvalue weighted by molar-refractivity contribution is 4.87. The normalized spacial score (nSPS) is 29.9. The Kier molecular flexibility index (Phi) is 4.66. The first kappa shape index (κ1) is 11.9. The third kappa shape index (κ3) is 3.79. The zero-order chi connectivity index (χ0) is 11.2. The van der Waals surface area contributed by atoms with Gasteiger partial charge < -0.3 is 5.32 Å². The van der Waals surface area contributed by atoms with Crippen molar-refractivity contribution in [3.8, 4) is 6.07 Å². The summed E-state index contributed by atoms with van der Waals surface area (Å²) in [5.41, 5.74) is 0. The lowest BCUT2D eigenvalue weighted by Crippen LogP contribution is -2.35. The van der Waals surface area contributed by atoms with E-state index in [9.17, 15) is 0 Å². The van der Waals surface area contributed by atoms with Gasteiger partial charge in [0.15, 0.2) is 0 Å². The van der Waals surface area contributed by atoms with E-state index in [2.05, 4.69) is 11.4 Å². The smallest absolute Gasteiger partial charge is 0.0621 e. The summed E-state index contributed by atoms with van der Waals surface area (Å²) in [6.45, 7) is 1.11. The van der Waals surface area contributed by atoms with Crippen molar-refractivity contribution in [3.05, 3.63) is 0 Å². The van der Waals surface area contributed by atoms with Gasteiger partial charge in [0.1, 0.15) is 0 Å². The molecule has 0 amide bonds. The maximum Gasteiger partial charge on any atom is 0.0621 e. The first-order valence-electron chi connectivity index (χ1n) is 7.00. The topological polar surface area (TPSA) is 35.8 Å². The van der Waals surface area contributed by atoms with Gasteiger partial charge in [-0.15, -0.1) is 0 Å². The minimum absolute atomic E-state index is 0.719. The number of nitrogens with zero attached hydrogens (tertiary/aromatic N) is 1. The predicted octanol–water partition coefficient (Wildman–Crippen LogP) is 3.24. The van der Waals surface area contributed by atoms with Gasteiger partial charge in [-0.05, 0) is 56.9 Å². The zero-order valence-corrected chi connectivity index (χ0v) is 10.3. The van der Waals surface area contributed by atoms with Crippen LogP contribution < -0.4 is 5.32 Å². The highest BCUT2D eigenvalue weighted by atomic mass is 14.9. The van der Waals surface area contributed by atoms with Crippen LogP contribution in [0.3, 0.4) is 0 Å². The Morgan fingerprint density at radius 1 is 1.06 bits per heavy atom. The molecule has 0 bridgehead atoms. The maximum atomic E-state index is 8.45. The molecule has 2 atom stereocenters. The Labute approximate surface area is 99.4 Å². The van der Waals surface area contributed by atoms with Crippen molar-refractivity contribution in [1.29, 1.82) is 5.26 Å². The summed E-state index contributed by atoms with van der Waals surface area (Å²) in [5.74, 6) is 2.12. The number of unbranched alkanes of at least 4 members (excludes halogenated alkanes) is 2. The van der Waals surface area contributed by atoms with E-state index in [1.807, 2.05) is 0 Å². The molecule has 0 spiro atoms. The monoisotopic (exact) mass is 220 g/mol. The molecule has 90 valence electrons. The summed E-state index contributed by atoms with van der Waals surface area (Å²) in [6.07, 6.45) is 11.6. The Morgan fingerprint density at radius 3 is 2.69 bits per heavy atom. The summed E-state index contributed by atoms with van der Waals surface area (Å²) in [7, 11) is 0. The largest absolute Gasteiger partial charge is 0.314 e. The van der Waals surface area contributed by atoms with Gasteiger partial charge in [0.25, 0.3) is 0 Å². The van der Waals surface area contributed by atoms with E-state index in [1.165, 1.54) is 38.5 Å². The highest BCUT2D eigenvalue weighted by Gasteiger charge is 2.34. The molecule has 2 saturated carbocycles. The lowest BCUT2D eigenvalue weighted by Gasteiger charge is -2.30. The van der Waals surface area contributed by atoms with E-state index >= 15 is 0 Å². The van der Waals surface area contributed by atoms with Crippen LogP contribution in [0.4, 0.5) is 0 Å². The molecule has 1 N–H and O–H groups in total. The second kappa shape index (κ2) is 6.25. The molecule has 0 aromatic rings. The van der Waals surface area contributed by atoms with Crippen LogP contribution >= 0.6 is 0 Å². The van der Waals surface area contributed by atoms with E-state index in [-0.39, 0.29) is 0 Å². The molecule has 2 nitrogen and oxygen atoms in total. The van der Waals surface area contributed by atoms with Crippen molar-refractivity contribution in [1.82, 2.24) is 5.32 Å². The third-order valence-corrected chi connectivity index (χ3v) is 4.15. The SMILES string of the molecule is N#CCCCCNC1CCCC(C2CC2)C1. The Bertz CT molecular complexity index is 240. The summed E-state index contributed by atoms with van der Waals surface area (Å²) in [5, 5.41) is 12.1. The number of hydrogen-bond donors (Lipinski definition) is 1. The Morgan fingerprint density at radius 2 is 1.94 bits per heavy atom. The van der Waals surface area contributed by atoms with Gasteiger partial charge in [0.05, 0.1) is 6.07 Å². The number of nitriles is 1.